The molecule has 0 saturated carbocycles. The van der Waals surface area contributed by atoms with Gasteiger partial charge in [-0.05, 0) is 32.1 Å². The van der Waals surface area contributed by atoms with E-state index in [2.05, 4.69) is 9.88 Å². The highest BCUT2D eigenvalue weighted by atomic mass is 15.2. The Bertz CT molecular complexity index is 410. The molecule has 98 valence electrons. The highest BCUT2D eigenvalue weighted by Crippen LogP contribution is 2.27. The monoisotopic (exact) mass is 246 g/mol. The first-order valence-corrected chi connectivity index (χ1v) is 7.21. The summed E-state index contributed by atoms with van der Waals surface area (Å²) in [7, 11) is 0. The van der Waals surface area contributed by atoms with Crippen molar-refractivity contribution in [2.45, 2.75) is 51.0 Å². The van der Waals surface area contributed by atoms with E-state index in [-0.39, 0.29) is 6.04 Å². The fourth-order valence-electron chi connectivity index (χ4n) is 2.99. The first-order chi connectivity index (χ1) is 8.84. The number of hydrogen-bond acceptors (Lipinski definition) is 4. The molecule has 1 saturated heterocycles. The lowest BCUT2D eigenvalue weighted by atomic mass is 9.93. The summed E-state index contributed by atoms with van der Waals surface area (Å²) in [5.74, 6) is 0.921. The molecule has 1 aliphatic carbocycles. The summed E-state index contributed by atoms with van der Waals surface area (Å²) < 4.78 is 0. The van der Waals surface area contributed by atoms with Crippen molar-refractivity contribution in [2.75, 3.05) is 18.0 Å². The highest BCUT2D eigenvalue weighted by molar-refractivity contribution is 5.35. The molecule has 0 spiro atoms. The lowest BCUT2D eigenvalue weighted by Gasteiger charge is -2.25. The molecule has 4 nitrogen and oxygen atoms in total. The third kappa shape index (κ3) is 2.34. The number of aromatic nitrogens is 2. The second kappa shape index (κ2) is 5.22. The van der Waals surface area contributed by atoms with Crippen molar-refractivity contribution < 1.29 is 0 Å². The third-order valence-corrected chi connectivity index (χ3v) is 4.10. The van der Waals surface area contributed by atoms with Gasteiger partial charge in [0.15, 0.2) is 0 Å². The summed E-state index contributed by atoms with van der Waals surface area (Å²) in [5.41, 5.74) is 8.46. The molecule has 0 aromatic carbocycles. The van der Waals surface area contributed by atoms with E-state index in [1.807, 2.05) is 6.20 Å². The molecule has 0 radical (unpaired) electrons. The summed E-state index contributed by atoms with van der Waals surface area (Å²) in [6.07, 6.45) is 10.5. The summed E-state index contributed by atoms with van der Waals surface area (Å²) in [6, 6.07) is 0.145. The third-order valence-electron chi connectivity index (χ3n) is 4.10. The Labute approximate surface area is 109 Å². The molecule has 1 atom stereocenters. The van der Waals surface area contributed by atoms with Gasteiger partial charge in [-0.15, -0.1) is 0 Å². The van der Waals surface area contributed by atoms with Gasteiger partial charge < -0.3 is 10.6 Å². The van der Waals surface area contributed by atoms with Gasteiger partial charge in [-0.2, -0.15) is 0 Å². The maximum Gasteiger partial charge on any atom is 0.225 e. The Kier molecular flexibility index (Phi) is 3.46. The quantitative estimate of drug-likeness (QED) is 0.825. The summed E-state index contributed by atoms with van der Waals surface area (Å²) in [5, 5.41) is 0. The Morgan fingerprint density at radius 2 is 1.89 bits per heavy atom. The van der Waals surface area contributed by atoms with Crippen molar-refractivity contribution in [2.24, 2.45) is 5.73 Å². The zero-order chi connectivity index (χ0) is 12.4. The van der Waals surface area contributed by atoms with E-state index in [1.54, 1.807) is 0 Å². The molecule has 1 aromatic heterocycles. The molecule has 18 heavy (non-hydrogen) atoms. The van der Waals surface area contributed by atoms with E-state index in [1.165, 1.54) is 36.9 Å². The van der Waals surface area contributed by atoms with Crippen LogP contribution < -0.4 is 10.6 Å². The Morgan fingerprint density at radius 1 is 1.11 bits per heavy atom. The fraction of sp³-hybridized carbons (Fsp3) is 0.714. The number of nitrogens with two attached hydrogens (primary N) is 1. The predicted octanol–water partition coefficient (Wildman–Crippen LogP) is 2.19. The fourth-order valence-corrected chi connectivity index (χ4v) is 2.99. The molecule has 1 aliphatic heterocycles. The molecule has 4 heteroatoms. The van der Waals surface area contributed by atoms with Gasteiger partial charge in [0.2, 0.25) is 5.95 Å². The largest absolute Gasteiger partial charge is 0.341 e. The van der Waals surface area contributed by atoms with E-state index in [0.29, 0.717) is 0 Å². The molecule has 0 amide bonds. The van der Waals surface area contributed by atoms with Crippen LogP contribution in [-0.2, 0) is 6.42 Å². The van der Waals surface area contributed by atoms with Crippen LogP contribution in [0.5, 0.6) is 0 Å². The minimum atomic E-state index is 0.145. The van der Waals surface area contributed by atoms with Crippen LogP contribution in [0.2, 0.25) is 0 Å². The minimum Gasteiger partial charge on any atom is -0.341 e. The molecule has 1 unspecified atom stereocenters. The molecule has 3 rings (SSSR count). The second-order valence-corrected chi connectivity index (χ2v) is 5.47. The lowest BCUT2D eigenvalue weighted by molar-refractivity contribution is 0.555. The van der Waals surface area contributed by atoms with Crippen LogP contribution in [0.1, 0.15) is 55.8 Å². The van der Waals surface area contributed by atoms with Crippen LogP contribution >= 0.6 is 0 Å². The van der Waals surface area contributed by atoms with E-state index in [4.69, 9.17) is 10.7 Å². The van der Waals surface area contributed by atoms with Gasteiger partial charge in [-0.25, -0.2) is 9.97 Å². The van der Waals surface area contributed by atoms with Crippen LogP contribution in [0, 0.1) is 0 Å². The smallest absolute Gasteiger partial charge is 0.225 e. The molecule has 2 heterocycles. The van der Waals surface area contributed by atoms with Gasteiger partial charge in [-0.1, -0.05) is 12.8 Å². The van der Waals surface area contributed by atoms with Gasteiger partial charge in [-0.3, -0.25) is 0 Å². The van der Waals surface area contributed by atoms with Crippen LogP contribution in [0.3, 0.4) is 0 Å². The topological polar surface area (TPSA) is 55.0 Å². The molecule has 2 N–H and O–H groups in total. The molecule has 0 bridgehead atoms. The summed E-state index contributed by atoms with van der Waals surface area (Å²) in [4.78, 5) is 11.6. The SMILES string of the molecule is NC1CCCc2nc(N3CCCCCC3)ncc21. The van der Waals surface area contributed by atoms with Crippen molar-refractivity contribution in [3.63, 3.8) is 0 Å². The van der Waals surface area contributed by atoms with Crippen LogP contribution in [-0.4, -0.2) is 23.1 Å². The lowest BCUT2D eigenvalue weighted by Crippen LogP contribution is -2.28. The normalized spacial score (nSPS) is 24.5. The average Bonchev–Trinajstić information content (AvgIpc) is 2.67. The number of anilines is 1. The van der Waals surface area contributed by atoms with E-state index in [0.717, 1.165) is 38.3 Å². The zero-order valence-corrected chi connectivity index (χ0v) is 10.9. The van der Waals surface area contributed by atoms with E-state index in [9.17, 15) is 0 Å². The number of fused-ring (bicyclic) bond motifs is 1. The van der Waals surface area contributed by atoms with Gasteiger partial charge >= 0.3 is 0 Å². The Morgan fingerprint density at radius 3 is 2.67 bits per heavy atom. The maximum atomic E-state index is 6.11. The van der Waals surface area contributed by atoms with Crippen molar-refractivity contribution in [1.82, 2.24) is 9.97 Å². The molecular formula is C14H22N4. The van der Waals surface area contributed by atoms with Gasteiger partial charge in [0.05, 0.1) is 5.69 Å². The van der Waals surface area contributed by atoms with Crippen LogP contribution in [0.25, 0.3) is 0 Å². The second-order valence-electron chi connectivity index (χ2n) is 5.47. The first kappa shape index (κ1) is 11.9. The molecule has 1 fully saturated rings. The Hall–Kier alpha value is -1.16. The average molecular weight is 246 g/mol. The molecular weight excluding hydrogens is 224 g/mol. The van der Waals surface area contributed by atoms with Gasteiger partial charge in [0.1, 0.15) is 0 Å². The van der Waals surface area contributed by atoms with Gasteiger partial charge in [0.25, 0.3) is 0 Å². The van der Waals surface area contributed by atoms with E-state index >= 15 is 0 Å². The van der Waals surface area contributed by atoms with Crippen molar-refractivity contribution in [3.05, 3.63) is 17.5 Å². The molecule has 1 aromatic rings. The van der Waals surface area contributed by atoms with Crippen LogP contribution in [0.4, 0.5) is 5.95 Å². The predicted molar refractivity (Wildman–Crippen MR) is 72.6 cm³/mol. The number of rotatable bonds is 1. The first-order valence-electron chi connectivity index (χ1n) is 7.21. The van der Waals surface area contributed by atoms with Crippen molar-refractivity contribution in [1.29, 1.82) is 0 Å². The zero-order valence-electron chi connectivity index (χ0n) is 10.9. The van der Waals surface area contributed by atoms with Crippen molar-refractivity contribution in [3.8, 4) is 0 Å². The van der Waals surface area contributed by atoms with Gasteiger partial charge in [0, 0.05) is 30.9 Å². The number of hydrogen-bond donors (Lipinski definition) is 1. The number of aryl methyl sites for hydroxylation is 1. The Balaban J connectivity index is 1.84. The maximum absolute atomic E-state index is 6.11. The minimum absolute atomic E-state index is 0.145. The molecule has 2 aliphatic rings. The number of nitrogens with zero attached hydrogens (tertiary/aromatic N) is 3. The highest BCUT2D eigenvalue weighted by Gasteiger charge is 2.20. The van der Waals surface area contributed by atoms with Crippen LogP contribution in [0.15, 0.2) is 6.20 Å². The summed E-state index contributed by atoms with van der Waals surface area (Å²) in [6.45, 7) is 2.20. The standard InChI is InChI=1S/C14H22N4/c15-12-6-5-7-13-11(12)10-16-14(17-13)18-8-3-1-2-4-9-18/h10,12H,1-9,15H2. The van der Waals surface area contributed by atoms with Crippen molar-refractivity contribution >= 4 is 5.95 Å². The summed E-state index contributed by atoms with van der Waals surface area (Å²) >= 11 is 0. The van der Waals surface area contributed by atoms with E-state index < -0.39 is 0 Å².